The molecular formula is C17H17N3O2S2. The zero-order valence-electron chi connectivity index (χ0n) is 13.4. The highest BCUT2D eigenvalue weighted by Crippen LogP contribution is 2.21. The molecule has 0 aliphatic heterocycles. The van der Waals surface area contributed by atoms with E-state index in [2.05, 4.69) is 4.98 Å². The number of fused-ring (bicyclic) bond motifs is 1. The lowest BCUT2D eigenvalue weighted by Gasteiger charge is -2.18. The highest BCUT2D eigenvalue weighted by Gasteiger charge is 2.23. The number of rotatable bonds is 5. The number of carbonyl (C=O) groups excluding carboxylic acids is 1. The molecule has 0 unspecified atom stereocenters. The molecule has 24 heavy (non-hydrogen) atoms. The minimum Gasteiger partial charge on any atom is -0.337 e. The van der Waals surface area contributed by atoms with Crippen molar-refractivity contribution in [2.75, 3.05) is 12.8 Å². The molecule has 124 valence electrons. The smallest absolute Gasteiger partial charge is 0.272 e. The van der Waals surface area contributed by atoms with Gasteiger partial charge >= 0.3 is 0 Å². The lowest BCUT2D eigenvalue weighted by molar-refractivity contribution is 0.0778. The number of aromatic nitrogens is 2. The number of thioether (sulfide) groups is 1. The SMILES string of the molecule is CCSc1nc2sccn2c(=O)c1C(=O)N(C)Cc1ccccc1. The Balaban J connectivity index is 2.00. The molecule has 0 fully saturated rings. The van der Waals surface area contributed by atoms with E-state index in [4.69, 9.17) is 0 Å². The van der Waals surface area contributed by atoms with Crippen LogP contribution in [0, 0.1) is 0 Å². The minimum absolute atomic E-state index is 0.149. The fourth-order valence-corrected chi connectivity index (χ4v) is 3.91. The number of amides is 1. The summed E-state index contributed by atoms with van der Waals surface area (Å²) in [6.07, 6.45) is 1.66. The third-order valence-electron chi connectivity index (χ3n) is 3.54. The molecule has 0 aliphatic rings. The van der Waals surface area contributed by atoms with Crippen molar-refractivity contribution >= 4 is 34.0 Å². The Labute approximate surface area is 148 Å². The molecule has 0 spiro atoms. The van der Waals surface area contributed by atoms with Crippen LogP contribution in [0.15, 0.2) is 51.7 Å². The second-order valence-electron chi connectivity index (χ2n) is 5.23. The van der Waals surface area contributed by atoms with Crippen LogP contribution in [0.4, 0.5) is 0 Å². The lowest BCUT2D eigenvalue weighted by Crippen LogP contribution is -2.33. The van der Waals surface area contributed by atoms with Crippen molar-refractivity contribution in [1.29, 1.82) is 0 Å². The number of hydrogen-bond acceptors (Lipinski definition) is 5. The van der Waals surface area contributed by atoms with Gasteiger partial charge in [0.25, 0.3) is 11.5 Å². The van der Waals surface area contributed by atoms with Crippen LogP contribution in [0.2, 0.25) is 0 Å². The van der Waals surface area contributed by atoms with Crippen molar-refractivity contribution in [2.24, 2.45) is 0 Å². The maximum absolute atomic E-state index is 12.9. The molecule has 2 aromatic heterocycles. The van der Waals surface area contributed by atoms with E-state index in [1.165, 1.54) is 27.5 Å². The van der Waals surface area contributed by atoms with Gasteiger partial charge in [-0.05, 0) is 11.3 Å². The van der Waals surface area contributed by atoms with Crippen LogP contribution >= 0.6 is 23.1 Å². The highest BCUT2D eigenvalue weighted by molar-refractivity contribution is 7.99. The second-order valence-corrected chi connectivity index (χ2v) is 7.36. The van der Waals surface area contributed by atoms with Gasteiger partial charge in [-0.3, -0.25) is 14.0 Å². The van der Waals surface area contributed by atoms with Gasteiger partial charge in [0.2, 0.25) is 0 Å². The molecule has 1 amide bonds. The van der Waals surface area contributed by atoms with Crippen molar-refractivity contribution in [3.8, 4) is 0 Å². The summed E-state index contributed by atoms with van der Waals surface area (Å²) in [4.78, 5) is 32.3. The number of nitrogens with zero attached hydrogens (tertiary/aromatic N) is 3. The molecule has 2 heterocycles. The molecule has 7 heteroatoms. The first kappa shape index (κ1) is 16.7. The van der Waals surface area contributed by atoms with Gasteiger partial charge in [-0.25, -0.2) is 4.98 Å². The third-order valence-corrected chi connectivity index (χ3v) is 5.15. The van der Waals surface area contributed by atoms with Gasteiger partial charge in [-0.1, -0.05) is 37.3 Å². The molecule has 0 atom stereocenters. The van der Waals surface area contributed by atoms with Gasteiger partial charge in [0.15, 0.2) is 4.96 Å². The van der Waals surface area contributed by atoms with Gasteiger partial charge in [-0.2, -0.15) is 0 Å². The summed E-state index contributed by atoms with van der Waals surface area (Å²) in [6.45, 7) is 2.42. The predicted molar refractivity (Wildman–Crippen MR) is 98.0 cm³/mol. The Morgan fingerprint density at radius 2 is 2.08 bits per heavy atom. The topological polar surface area (TPSA) is 54.7 Å². The van der Waals surface area contributed by atoms with Crippen LogP contribution in [0.3, 0.4) is 0 Å². The standard InChI is InChI=1S/C17H17N3O2S2/c1-3-23-14-13(16(22)20-9-10-24-17(20)18-14)15(21)19(2)11-12-7-5-4-6-8-12/h4-10H,3,11H2,1-2H3. The van der Waals surface area contributed by atoms with Crippen molar-refractivity contribution < 1.29 is 4.79 Å². The molecule has 3 aromatic rings. The third kappa shape index (κ3) is 3.22. The van der Waals surface area contributed by atoms with Crippen molar-refractivity contribution in [3.63, 3.8) is 0 Å². The van der Waals surface area contributed by atoms with Crippen LogP contribution in [0.1, 0.15) is 22.8 Å². The van der Waals surface area contributed by atoms with Crippen LogP contribution in [0.25, 0.3) is 4.96 Å². The maximum atomic E-state index is 12.9. The van der Waals surface area contributed by atoms with Gasteiger partial charge < -0.3 is 4.90 Å². The van der Waals surface area contributed by atoms with Crippen LogP contribution in [0.5, 0.6) is 0 Å². The molecule has 0 bridgehead atoms. The first-order valence-electron chi connectivity index (χ1n) is 7.54. The fourth-order valence-electron chi connectivity index (χ4n) is 2.41. The van der Waals surface area contributed by atoms with E-state index in [-0.39, 0.29) is 17.0 Å². The summed E-state index contributed by atoms with van der Waals surface area (Å²) in [6, 6.07) is 9.71. The summed E-state index contributed by atoms with van der Waals surface area (Å²) in [7, 11) is 1.71. The van der Waals surface area contributed by atoms with Crippen LogP contribution < -0.4 is 5.56 Å². The average molecular weight is 359 g/mol. The molecule has 1 aromatic carbocycles. The van der Waals surface area contributed by atoms with Crippen molar-refractivity contribution in [1.82, 2.24) is 14.3 Å². The molecule has 5 nitrogen and oxygen atoms in total. The number of hydrogen-bond donors (Lipinski definition) is 0. The molecule has 0 saturated heterocycles. The monoisotopic (exact) mass is 359 g/mol. The molecular weight excluding hydrogens is 342 g/mol. The van der Waals surface area contributed by atoms with E-state index in [1.54, 1.807) is 23.5 Å². The Hall–Kier alpha value is -2.12. The van der Waals surface area contributed by atoms with E-state index in [0.29, 0.717) is 16.5 Å². The zero-order valence-corrected chi connectivity index (χ0v) is 15.1. The largest absolute Gasteiger partial charge is 0.337 e. The summed E-state index contributed by atoms with van der Waals surface area (Å²) >= 11 is 2.81. The summed E-state index contributed by atoms with van der Waals surface area (Å²) in [5.41, 5.74) is 0.862. The maximum Gasteiger partial charge on any atom is 0.272 e. The fraction of sp³-hybridized carbons (Fsp3) is 0.235. The molecule has 0 radical (unpaired) electrons. The number of benzene rings is 1. The van der Waals surface area contributed by atoms with E-state index in [1.807, 2.05) is 37.3 Å². The predicted octanol–water partition coefficient (Wildman–Crippen LogP) is 3.14. The molecule has 0 aliphatic carbocycles. The second kappa shape index (κ2) is 7.19. The van der Waals surface area contributed by atoms with E-state index in [0.717, 1.165) is 11.3 Å². The highest BCUT2D eigenvalue weighted by atomic mass is 32.2. The van der Waals surface area contributed by atoms with Crippen LogP contribution in [-0.4, -0.2) is 33.0 Å². The van der Waals surface area contributed by atoms with Gasteiger partial charge in [0, 0.05) is 25.2 Å². The van der Waals surface area contributed by atoms with Gasteiger partial charge in [0.1, 0.15) is 10.6 Å². The van der Waals surface area contributed by atoms with Crippen molar-refractivity contribution in [2.45, 2.75) is 18.5 Å². The van der Waals surface area contributed by atoms with E-state index < -0.39 is 0 Å². The summed E-state index contributed by atoms with van der Waals surface area (Å²) < 4.78 is 1.44. The molecule has 0 N–H and O–H groups in total. The lowest BCUT2D eigenvalue weighted by atomic mass is 10.2. The normalized spacial score (nSPS) is 10.9. The Morgan fingerprint density at radius 1 is 1.33 bits per heavy atom. The van der Waals surface area contributed by atoms with Gasteiger partial charge in [0.05, 0.1) is 0 Å². The number of thiazole rings is 1. The molecule has 3 rings (SSSR count). The van der Waals surface area contributed by atoms with Gasteiger partial charge in [-0.15, -0.1) is 23.1 Å². The number of carbonyl (C=O) groups is 1. The molecule has 0 saturated carbocycles. The quantitative estimate of drug-likeness (QED) is 0.519. The Bertz CT molecular complexity index is 918. The Morgan fingerprint density at radius 3 is 2.79 bits per heavy atom. The van der Waals surface area contributed by atoms with E-state index >= 15 is 0 Å². The first-order chi connectivity index (χ1) is 11.6. The minimum atomic E-state index is -0.304. The summed E-state index contributed by atoms with van der Waals surface area (Å²) in [5, 5.41) is 2.31. The zero-order chi connectivity index (χ0) is 17.1. The van der Waals surface area contributed by atoms with Crippen molar-refractivity contribution in [3.05, 3.63) is 63.4 Å². The van der Waals surface area contributed by atoms with E-state index in [9.17, 15) is 9.59 Å². The average Bonchev–Trinajstić information content (AvgIpc) is 3.04. The summed E-state index contributed by atoms with van der Waals surface area (Å²) in [5.74, 6) is 0.448. The first-order valence-corrected chi connectivity index (χ1v) is 9.40. The Kier molecular flexibility index (Phi) is 5.01. The van der Waals surface area contributed by atoms with Crippen LogP contribution in [-0.2, 0) is 6.54 Å².